The topological polar surface area (TPSA) is 12.0 Å². The van der Waals surface area contributed by atoms with Crippen molar-refractivity contribution in [3.8, 4) is 0 Å². The summed E-state index contributed by atoms with van der Waals surface area (Å²) in [5.74, 6) is -0.546. The van der Waals surface area contributed by atoms with Crippen molar-refractivity contribution >= 4 is 15.9 Å². The molecule has 0 bridgehead atoms. The van der Waals surface area contributed by atoms with Crippen LogP contribution in [0.15, 0.2) is 34.8 Å². The largest absolute Gasteiger partial charge is 0.306 e. The van der Waals surface area contributed by atoms with Crippen molar-refractivity contribution in [3.05, 3.63) is 68.7 Å². The fourth-order valence-corrected chi connectivity index (χ4v) is 3.29. The molecule has 2 aromatic rings. The maximum absolute atomic E-state index is 14.3. The average Bonchev–Trinajstić information content (AvgIpc) is 2.37. The van der Waals surface area contributed by atoms with Crippen LogP contribution >= 0.6 is 15.9 Å². The van der Waals surface area contributed by atoms with E-state index in [0.29, 0.717) is 16.6 Å². The van der Waals surface area contributed by atoms with E-state index in [4.69, 9.17) is 0 Å². The van der Waals surface area contributed by atoms with E-state index in [1.54, 1.807) is 6.07 Å². The number of hydrogen-bond acceptors (Lipinski definition) is 1. The van der Waals surface area contributed by atoms with Gasteiger partial charge in [0.2, 0.25) is 0 Å². The maximum Gasteiger partial charge on any atom is 0.129 e. The molecule has 0 saturated heterocycles. The molecule has 0 aliphatic rings. The highest BCUT2D eigenvalue weighted by atomic mass is 79.9. The Morgan fingerprint density at radius 3 is 2.24 bits per heavy atom. The molecule has 0 heterocycles. The monoisotopic (exact) mass is 353 g/mol. The SMILES string of the molecule is CCNC(c1c(C)cc(F)cc1C)c1c(F)cccc1Br. The van der Waals surface area contributed by atoms with E-state index in [1.165, 1.54) is 18.2 Å². The Hall–Kier alpha value is -1.26. The summed E-state index contributed by atoms with van der Waals surface area (Å²) in [6.07, 6.45) is 0. The molecular weight excluding hydrogens is 336 g/mol. The summed E-state index contributed by atoms with van der Waals surface area (Å²) in [6, 6.07) is 7.58. The van der Waals surface area contributed by atoms with E-state index in [2.05, 4.69) is 21.2 Å². The minimum atomic E-state index is -0.314. The van der Waals surface area contributed by atoms with E-state index in [9.17, 15) is 8.78 Å². The predicted octanol–water partition coefficient (Wildman–Crippen LogP) is 5.04. The molecule has 0 aromatic heterocycles. The Morgan fingerprint density at radius 2 is 1.71 bits per heavy atom. The molecule has 21 heavy (non-hydrogen) atoms. The minimum Gasteiger partial charge on any atom is -0.306 e. The van der Waals surface area contributed by atoms with Gasteiger partial charge in [-0.05, 0) is 61.3 Å². The highest BCUT2D eigenvalue weighted by Gasteiger charge is 2.23. The van der Waals surface area contributed by atoms with Gasteiger partial charge in [0.25, 0.3) is 0 Å². The third-order valence-corrected chi connectivity index (χ3v) is 4.24. The maximum atomic E-state index is 14.3. The average molecular weight is 354 g/mol. The van der Waals surface area contributed by atoms with Crippen molar-refractivity contribution in [3.63, 3.8) is 0 Å². The zero-order valence-corrected chi connectivity index (χ0v) is 13.9. The van der Waals surface area contributed by atoms with Gasteiger partial charge in [0.15, 0.2) is 0 Å². The molecule has 0 spiro atoms. The Labute approximate surface area is 132 Å². The van der Waals surface area contributed by atoms with Gasteiger partial charge in [0.05, 0.1) is 6.04 Å². The smallest absolute Gasteiger partial charge is 0.129 e. The van der Waals surface area contributed by atoms with Crippen LogP contribution in [0.1, 0.15) is 35.2 Å². The first kappa shape index (κ1) is 16.1. The third-order valence-electron chi connectivity index (χ3n) is 3.54. The lowest BCUT2D eigenvalue weighted by Gasteiger charge is -2.24. The van der Waals surface area contributed by atoms with E-state index < -0.39 is 0 Å². The zero-order valence-electron chi connectivity index (χ0n) is 12.3. The summed E-state index contributed by atoms with van der Waals surface area (Å²) < 4.78 is 28.5. The van der Waals surface area contributed by atoms with E-state index in [0.717, 1.165) is 16.7 Å². The Balaban J connectivity index is 2.65. The van der Waals surface area contributed by atoms with Gasteiger partial charge < -0.3 is 5.32 Å². The van der Waals surface area contributed by atoms with Gasteiger partial charge in [-0.15, -0.1) is 0 Å². The van der Waals surface area contributed by atoms with Crippen LogP contribution in [-0.2, 0) is 0 Å². The number of rotatable bonds is 4. The molecule has 1 N–H and O–H groups in total. The highest BCUT2D eigenvalue weighted by Crippen LogP contribution is 2.34. The van der Waals surface area contributed by atoms with Crippen molar-refractivity contribution in [2.75, 3.05) is 6.54 Å². The lowest BCUT2D eigenvalue weighted by molar-refractivity contribution is 0.552. The van der Waals surface area contributed by atoms with Crippen molar-refractivity contribution in [2.45, 2.75) is 26.8 Å². The Morgan fingerprint density at radius 1 is 1.10 bits per heavy atom. The van der Waals surface area contributed by atoms with Crippen LogP contribution < -0.4 is 5.32 Å². The molecule has 112 valence electrons. The van der Waals surface area contributed by atoms with Gasteiger partial charge in [-0.25, -0.2) is 8.78 Å². The molecule has 0 aliphatic carbocycles. The van der Waals surface area contributed by atoms with Gasteiger partial charge in [0, 0.05) is 10.0 Å². The molecule has 2 aromatic carbocycles. The fraction of sp³-hybridized carbons (Fsp3) is 0.294. The first-order chi connectivity index (χ1) is 9.95. The molecule has 2 rings (SSSR count). The fourth-order valence-electron chi connectivity index (χ4n) is 2.72. The van der Waals surface area contributed by atoms with Gasteiger partial charge in [-0.2, -0.15) is 0 Å². The second-order valence-electron chi connectivity index (χ2n) is 5.08. The van der Waals surface area contributed by atoms with Crippen LogP contribution in [-0.4, -0.2) is 6.54 Å². The number of halogens is 3. The van der Waals surface area contributed by atoms with Crippen LogP contribution in [0.25, 0.3) is 0 Å². The highest BCUT2D eigenvalue weighted by molar-refractivity contribution is 9.10. The second kappa shape index (κ2) is 6.67. The normalized spacial score (nSPS) is 12.5. The lowest BCUT2D eigenvalue weighted by atomic mass is 9.91. The second-order valence-corrected chi connectivity index (χ2v) is 5.93. The van der Waals surface area contributed by atoms with Crippen molar-refractivity contribution < 1.29 is 8.78 Å². The van der Waals surface area contributed by atoms with Crippen LogP contribution in [0, 0.1) is 25.5 Å². The minimum absolute atomic E-state index is 0.267. The molecular formula is C17H18BrF2N. The summed E-state index contributed by atoms with van der Waals surface area (Å²) in [5, 5.41) is 3.31. The molecule has 1 atom stereocenters. The number of benzene rings is 2. The first-order valence-corrected chi connectivity index (χ1v) is 7.69. The van der Waals surface area contributed by atoms with Gasteiger partial charge in [-0.1, -0.05) is 28.9 Å². The summed E-state index contributed by atoms with van der Waals surface area (Å²) in [6.45, 7) is 6.35. The zero-order chi connectivity index (χ0) is 15.6. The molecule has 0 aliphatic heterocycles. The number of hydrogen-bond donors (Lipinski definition) is 1. The molecule has 1 nitrogen and oxygen atoms in total. The molecule has 1 unspecified atom stereocenters. The van der Waals surface area contributed by atoms with Crippen molar-refractivity contribution in [1.82, 2.24) is 5.32 Å². The van der Waals surface area contributed by atoms with Crippen LogP contribution in [0.4, 0.5) is 8.78 Å². The first-order valence-electron chi connectivity index (χ1n) is 6.89. The van der Waals surface area contributed by atoms with Crippen molar-refractivity contribution in [1.29, 1.82) is 0 Å². The lowest BCUT2D eigenvalue weighted by Crippen LogP contribution is -2.25. The molecule has 0 saturated carbocycles. The molecule has 0 amide bonds. The quantitative estimate of drug-likeness (QED) is 0.811. The summed E-state index contributed by atoms with van der Waals surface area (Å²) in [5.41, 5.74) is 3.10. The van der Waals surface area contributed by atoms with Crippen molar-refractivity contribution in [2.24, 2.45) is 0 Å². The molecule has 4 heteroatoms. The van der Waals surface area contributed by atoms with Crippen LogP contribution in [0.5, 0.6) is 0 Å². The molecule has 0 fully saturated rings. The van der Waals surface area contributed by atoms with Gasteiger partial charge in [-0.3, -0.25) is 0 Å². The predicted molar refractivity (Wildman–Crippen MR) is 85.5 cm³/mol. The Kier molecular flexibility index (Phi) is 5.12. The number of nitrogens with one attached hydrogen (secondary N) is 1. The van der Waals surface area contributed by atoms with Crippen LogP contribution in [0.2, 0.25) is 0 Å². The summed E-state index contributed by atoms with van der Waals surface area (Å²) in [4.78, 5) is 0. The third kappa shape index (κ3) is 3.33. The van der Waals surface area contributed by atoms with Gasteiger partial charge >= 0.3 is 0 Å². The molecule has 0 radical (unpaired) electrons. The van der Waals surface area contributed by atoms with E-state index >= 15 is 0 Å². The van der Waals surface area contributed by atoms with E-state index in [-0.39, 0.29) is 17.7 Å². The van der Waals surface area contributed by atoms with Gasteiger partial charge in [0.1, 0.15) is 11.6 Å². The van der Waals surface area contributed by atoms with Crippen LogP contribution in [0.3, 0.4) is 0 Å². The standard InChI is InChI=1S/C17H18BrF2N/c1-4-21-17(16-13(18)6-5-7-14(16)20)15-10(2)8-12(19)9-11(15)3/h5-9,17,21H,4H2,1-3H3. The summed E-state index contributed by atoms with van der Waals surface area (Å²) >= 11 is 3.42. The summed E-state index contributed by atoms with van der Waals surface area (Å²) in [7, 11) is 0. The Bertz CT molecular complexity index is 612. The van der Waals surface area contributed by atoms with E-state index in [1.807, 2.05) is 26.8 Å². The number of aryl methyl sites for hydroxylation is 2.